The lowest BCUT2D eigenvalue weighted by Crippen LogP contribution is -2.39. The summed E-state index contributed by atoms with van der Waals surface area (Å²) in [6.45, 7) is 3.98. The van der Waals surface area contributed by atoms with Crippen LogP contribution in [0.25, 0.3) is 0 Å². The maximum absolute atomic E-state index is 12.3. The summed E-state index contributed by atoms with van der Waals surface area (Å²) in [5, 5.41) is 8.74. The Hall–Kier alpha value is -2.04. The van der Waals surface area contributed by atoms with Crippen molar-refractivity contribution < 1.29 is 19.4 Å². The van der Waals surface area contributed by atoms with Gasteiger partial charge in [0.15, 0.2) is 0 Å². The fraction of sp³-hybridized carbons (Fsp3) is 0.467. The highest BCUT2D eigenvalue weighted by Crippen LogP contribution is 2.19. The predicted molar refractivity (Wildman–Crippen MR) is 75.8 cm³/mol. The quantitative estimate of drug-likeness (QED) is 0.828. The SMILES string of the molecule is COc1ccccc1CC(=O)N(CCC(=O)O)C(C)C. The van der Waals surface area contributed by atoms with Crippen molar-refractivity contribution in [2.45, 2.75) is 32.7 Å². The number of para-hydroxylation sites is 1. The van der Waals surface area contributed by atoms with E-state index in [-0.39, 0.29) is 31.3 Å². The summed E-state index contributed by atoms with van der Waals surface area (Å²) in [6, 6.07) is 7.31. The average Bonchev–Trinajstić information content (AvgIpc) is 2.38. The molecule has 5 heteroatoms. The molecule has 0 spiro atoms. The van der Waals surface area contributed by atoms with Crippen LogP contribution < -0.4 is 4.74 Å². The summed E-state index contributed by atoms with van der Waals surface area (Å²) in [5.41, 5.74) is 0.806. The zero-order valence-electron chi connectivity index (χ0n) is 12.1. The average molecular weight is 279 g/mol. The van der Waals surface area contributed by atoms with Gasteiger partial charge in [0, 0.05) is 18.2 Å². The van der Waals surface area contributed by atoms with Gasteiger partial charge in [0.2, 0.25) is 5.91 Å². The number of rotatable bonds is 7. The zero-order chi connectivity index (χ0) is 15.1. The number of carbonyl (C=O) groups excluding carboxylic acids is 1. The van der Waals surface area contributed by atoms with Gasteiger partial charge in [0.25, 0.3) is 0 Å². The van der Waals surface area contributed by atoms with E-state index in [1.54, 1.807) is 18.1 Å². The topological polar surface area (TPSA) is 66.8 Å². The van der Waals surface area contributed by atoms with E-state index in [0.29, 0.717) is 5.75 Å². The van der Waals surface area contributed by atoms with Crippen LogP contribution in [0.2, 0.25) is 0 Å². The highest BCUT2D eigenvalue weighted by atomic mass is 16.5. The number of hydrogen-bond acceptors (Lipinski definition) is 3. The summed E-state index contributed by atoms with van der Waals surface area (Å²) in [7, 11) is 1.56. The Balaban J connectivity index is 2.77. The molecule has 0 aliphatic rings. The number of nitrogens with zero attached hydrogens (tertiary/aromatic N) is 1. The van der Waals surface area contributed by atoms with Crippen LogP contribution in [0.4, 0.5) is 0 Å². The monoisotopic (exact) mass is 279 g/mol. The van der Waals surface area contributed by atoms with Crippen molar-refractivity contribution >= 4 is 11.9 Å². The third kappa shape index (κ3) is 4.57. The molecule has 1 amide bonds. The van der Waals surface area contributed by atoms with Crippen LogP contribution in [-0.2, 0) is 16.0 Å². The van der Waals surface area contributed by atoms with Crippen molar-refractivity contribution in [3.05, 3.63) is 29.8 Å². The van der Waals surface area contributed by atoms with E-state index in [2.05, 4.69) is 0 Å². The number of carbonyl (C=O) groups is 2. The van der Waals surface area contributed by atoms with Gasteiger partial charge in [-0.05, 0) is 19.9 Å². The number of carboxylic acid groups (broad SMARTS) is 1. The lowest BCUT2D eigenvalue weighted by molar-refractivity contribution is -0.139. The molecule has 0 saturated heterocycles. The molecule has 0 atom stereocenters. The van der Waals surface area contributed by atoms with Crippen molar-refractivity contribution in [2.75, 3.05) is 13.7 Å². The lowest BCUT2D eigenvalue weighted by atomic mass is 10.1. The van der Waals surface area contributed by atoms with Crippen molar-refractivity contribution in [2.24, 2.45) is 0 Å². The second kappa shape index (κ2) is 7.53. The molecule has 110 valence electrons. The minimum absolute atomic E-state index is 0.0310. The molecule has 0 bridgehead atoms. The largest absolute Gasteiger partial charge is 0.496 e. The van der Waals surface area contributed by atoms with Gasteiger partial charge in [-0.15, -0.1) is 0 Å². The molecular formula is C15H21NO4. The number of benzene rings is 1. The second-order valence-corrected chi connectivity index (χ2v) is 4.81. The van der Waals surface area contributed by atoms with Crippen molar-refractivity contribution in [3.63, 3.8) is 0 Å². The van der Waals surface area contributed by atoms with Gasteiger partial charge in [-0.1, -0.05) is 18.2 Å². The van der Waals surface area contributed by atoms with Crippen LogP contribution in [0.3, 0.4) is 0 Å². The molecule has 1 rings (SSSR count). The molecular weight excluding hydrogens is 258 g/mol. The molecule has 5 nitrogen and oxygen atoms in total. The highest BCUT2D eigenvalue weighted by molar-refractivity contribution is 5.80. The maximum atomic E-state index is 12.3. The first-order chi connectivity index (χ1) is 9.45. The second-order valence-electron chi connectivity index (χ2n) is 4.81. The highest BCUT2D eigenvalue weighted by Gasteiger charge is 2.19. The predicted octanol–water partition coefficient (Wildman–Crippen LogP) is 1.95. The molecule has 1 N–H and O–H groups in total. The van der Waals surface area contributed by atoms with E-state index in [4.69, 9.17) is 9.84 Å². The zero-order valence-corrected chi connectivity index (χ0v) is 12.1. The minimum Gasteiger partial charge on any atom is -0.496 e. The van der Waals surface area contributed by atoms with Crippen LogP contribution in [0.5, 0.6) is 5.75 Å². The van der Waals surface area contributed by atoms with Gasteiger partial charge in [0.05, 0.1) is 20.0 Å². The summed E-state index contributed by atoms with van der Waals surface area (Å²) in [5.74, 6) is -0.325. The summed E-state index contributed by atoms with van der Waals surface area (Å²) in [4.78, 5) is 24.5. The van der Waals surface area contributed by atoms with Gasteiger partial charge < -0.3 is 14.7 Å². The van der Waals surface area contributed by atoms with Crippen molar-refractivity contribution in [1.82, 2.24) is 4.90 Å². The van der Waals surface area contributed by atoms with Crippen LogP contribution in [0.15, 0.2) is 24.3 Å². The molecule has 0 fully saturated rings. The lowest BCUT2D eigenvalue weighted by Gasteiger charge is -2.26. The van der Waals surface area contributed by atoms with E-state index < -0.39 is 5.97 Å². The van der Waals surface area contributed by atoms with E-state index in [1.807, 2.05) is 32.0 Å². The van der Waals surface area contributed by atoms with Crippen LogP contribution in [0, 0.1) is 0 Å². The molecule has 0 aromatic heterocycles. The Kier molecular flexibility index (Phi) is 6.03. The molecule has 0 aliphatic heterocycles. The van der Waals surface area contributed by atoms with Crippen molar-refractivity contribution in [3.8, 4) is 5.75 Å². The van der Waals surface area contributed by atoms with Gasteiger partial charge >= 0.3 is 5.97 Å². The maximum Gasteiger partial charge on any atom is 0.305 e. The standard InChI is InChI=1S/C15H21NO4/c1-11(2)16(9-8-15(18)19)14(17)10-12-6-4-5-7-13(12)20-3/h4-7,11H,8-10H2,1-3H3,(H,18,19). The summed E-state index contributed by atoms with van der Waals surface area (Å²) >= 11 is 0. The van der Waals surface area contributed by atoms with Gasteiger partial charge in [-0.25, -0.2) is 0 Å². The number of hydrogen-bond donors (Lipinski definition) is 1. The van der Waals surface area contributed by atoms with E-state index in [0.717, 1.165) is 5.56 Å². The van der Waals surface area contributed by atoms with E-state index >= 15 is 0 Å². The molecule has 0 aliphatic carbocycles. The Morgan fingerprint density at radius 3 is 2.50 bits per heavy atom. The van der Waals surface area contributed by atoms with Gasteiger partial charge in [0.1, 0.15) is 5.75 Å². The fourth-order valence-corrected chi connectivity index (χ4v) is 2.00. The first kappa shape index (κ1) is 16.0. The summed E-state index contributed by atoms with van der Waals surface area (Å²) < 4.78 is 5.22. The molecule has 20 heavy (non-hydrogen) atoms. The molecule has 0 saturated carbocycles. The first-order valence-corrected chi connectivity index (χ1v) is 6.58. The van der Waals surface area contributed by atoms with E-state index in [1.165, 1.54) is 0 Å². The first-order valence-electron chi connectivity index (χ1n) is 6.58. The molecule has 0 radical (unpaired) electrons. The van der Waals surface area contributed by atoms with Gasteiger partial charge in [-0.2, -0.15) is 0 Å². The molecule has 1 aromatic carbocycles. The normalized spacial score (nSPS) is 10.4. The third-order valence-corrected chi connectivity index (χ3v) is 3.04. The van der Waals surface area contributed by atoms with Gasteiger partial charge in [-0.3, -0.25) is 9.59 Å². The third-order valence-electron chi connectivity index (χ3n) is 3.04. The van der Waals surface area contributed by atoms with Crippen LogP contribution >= 0.6 is 0 Å². The molecule has 0 heterocycles. The Morgan fingerprint density at radius 1 is 1.30 bits per heavy atom. The Labute approximate surface area is 119 Å². The smallest absolute Gasteiger partial charge is 0.305 e. The molecule has 1 aromatic rings. The Morgan fingerprint density at radius 2 is 1.95 bits per heavy atom. The fourth-order valence-electron chi connectivity index (χ4n) is 2.00. The number of ether oxygens (including phenoxy) is 1. The Bertz CT molecular complexity index is 471. The van der Waals surface area contributed by atoms with Crippen molar-refractivity contribution in [1.29, 1.82) is 0 Å². The minimum atomic E-state index is -0.902. The van der Waals surface area contributed by atoms with Crippen LogP contribution in [-0.4, -0.2) is 41.6 Å². The number of methoxy groups -OCH3 is 1. The number of carboxylic acids is 1. The van der Waals surface area contributed by atoms with Crippen LogP contribution in [0.1, 0.15) is 25.8 Å². The molecule has 0 unspecified atom stereocenters. The number of aliphatic carboxylic acids is 1. The number of amides is 1. The summed E-state index contributed by atoms with van der Waals surface area (Å²) in [6.07, 6.45) is 0.164. The van der Waals surface area contributed by atoms with E-state index in [9.17, 15) is 9.59 Å².